The summed E-state index contributed by atoms with van der Waals surface area (Å²) in [5.41, 5.74) is 5.28. The maximum Gasteiger partial charge on any atom is 0.141 e. The molecule has 1 aromatic carbocycles. The van der Waals surface area contributed by atoms with Crippen LogP contribution in [0.1, 0.15) is 24.8 Å². The fraction of sp³-hybridized carbons (Fsp3) is 0.250. The van der Waals surface area contributed by atoms with Crippen molar-refractivity contribution in [1.29, 1.82) is 5.26 Å². The number of H-pyrrole nitrogens is 1. The van der Waals surface area contributed by atoms with Crippen LogP contribution >= 0.6 is 0 Å². The molecule has 0 unspecified atom stereocenters. The first-order valence-corrected chi connectivity index (χ1v) is 8.94. The van der Waals surface area contributed by atoms with Gasteiger partial charge in [0.15, 0.2) is 0 Å². The van der Waals surface area contributed by atoms with E-state index in [-0.39, 0.29) is 0 Å². The normalized spacial score (nSPS) is 11.0. The first-order valence-electron chi connectivity index (χ1n) is 8.94. The van der Waals surface area contributed by atoms with Crippen LogP contribution in [0.4, 0.5) is 0 Å². The Balaban J connectivity index is 1.79. The van der Waals surface area contributed by atoms with E-state index in [0.29, 0.717) is 13.0 Å². The number of aryl methyl sites for hydroxylation is 2. The van der Waals surface area contributed by atoms with Gasteiger partial charge in [-0.25, -0.2) is 9.97 Å². The Morgan fingerprint density at radius 1 is 1.00 bits per heavy atom. The van der Waals surface area contributed by atoms with Gasteiger partial charge in [0.05, 0.1) is 12.6 Å². The van der Waals surface area contributed by atoms with Crippen LogP contribution in [0, 0.1) is 18.3 Å². The van der Waals surface area contributed by atoms with Crippen LogP contribution in [0.3, 0.4) is 0 Å². The fourth-order valence-electron chi connectivity index (χ4n) is 3.03. The highest BCUT2D eigenvalue weighted by Gasteiger charge is 2.19. The largest absolute Gasteiger partial charge is 0.346 e. The number of hydrogen-bond donors (Lipinski definition) is 1. The average molecular weight is 357 g/mol. The minimum Gasteiger partial charge on any atom is -0.346 e. The Hall–Kier alpha value is -3.53. The van der Waals surface area contributed by atoms with Gasteiger partial charge in [-0.05, 0) is 25.8 Å². The lowest BCUT2D eigenvalue weighted by molar-refractivity contribution is 0.503. The zero-order valence-corrected chi connectivity index (χ0v) is 15.1. The third-order valence-electron chi connectivity index (χ3n) is 4.46. The van der Waals surface area contributed by atoms with E-state index in [4.69, 9.17) is 15.5 Å². The Morgan fingerprint density at radius 2 is 1.81 bits per heavy atom. The molecule has 0 spiro atoms. The minimum atomic E-state index is 0.550. The Morgan fingerprint density at radius 3 is 2.63 bits per heavy atom. The van der Waals surface area contributed by atoms with E-state index in [0.717, 1.165) is 46.5 Å². The highest BCUT2D eigenvalue weighted by molar-refractivity contribution is 5.93. The molecule has 0 radical (unpaired) electrons. The molecule has 0 bridgehead atoms. The molecule has 4 aromatic rings. The van der Waals surface area contributed by atoms with Crippen LogP contribution in [0.25, 0.3) is 33.7 Å². The summed E-state index contributed by atoms with van der Waals surface area (Å²) in [6.45, 7) is 2.73. The number of rotatable bonds is 6. The summed E-state index contributed by atoms with van der Waals surface area (Å²) >= 11 is 0. The van der Waals surface area contributed by atoms with Crippen molar-refractivity contribution in [1.82, 2.24) is 29.9 Å². The van der Waals surface area contributed by atoms with Gasteiger partial charge in [-0.1, -0.05) is 29.8 Å². The van der Waals surface area contributed by atoms with Gasteiger partial charge in [-0.3, -0.25) is 0 Å². The van der Waals surface area contributed by atoms with Crippen molar-refractivity contribution in [3.63, 3.8) is 0 Å². The first-order chi connectivity index (χ1) is 13.3. The predicted octanol–water partition coefficient (Wildman–Crippen LogP) is 3.89. The molecule has 3 aromatic heterocycles. The molecule has 3 heterocycles. The molecule has 7 nitrogen and oxygen atoms in total. The van der Waals surface area contributed by atoms with Gasteiger partial charge < -0.3 is 4.98 Å². The summed E-state index contributed by atoms with van der Waals surface area (Å²) < 4.78 is 0. The van der Waals surface area contributed by atoms with E-state index in [2.05, 4.69) is 52.2 Å². The van der Waals surface area contributed by atoms with Gasteiger partial charge in [0.2, 0.25) is 0 Å². The third-order valence-corrected chi connectivity index (χ3v) is 4.46. The summed E-state index contributed by atoms with van der Waals surface area (Å²) in [4.78, 5) is 13.6. The number of fused-ring (bicyclic) bond motifs is 1. The molecule has 0 amide bonds. The van der Waals surface area contributed by atoms with Crippen molar-refractivity contribution >= 4 is 11.0 Å². The molecule has 0 aliphatic carbocycles. The summed E-state index contributed by atoms with van der Waals surface area (Å²) in [6.07, 6.45) is 5.63. The Bertz CT molecular complexity index is 1100. The van der Waals surface area contributed by atoms with Gasteiger partial charge in [0.1, 0.15) is 29.1 Å². The highest BCUT2D eigenvalue weighted by Crippen LogP contribution is 2.31. The lowest BCUT2D eigenvalue weighted by Gasteiger charge is -2.02. The minimum absolute atomic E-state index is 0.550. The second-order valence-electron chi connectivity index (χ2n) is 6.44. The second-order valence-corrected chi connectivity index (χ2v) is 6.44. The van der Waals surface area contributed by atoms with E-state index in [9.17, 15) is 0 Å². The van der Waals surface area contributed by atoms with Gasteiger partial charge in [0, 0.05) is 23.6 Å². The molecule has 0 atom stereocenters. The quantitative estimate of drug-likeness (QED) is 0.528. The Labute approximate surface area is 156 Å². The van der Waals surface area contributed by atoms with Crippen LogP contribution in [0.15, 0.2) is 42.9 Å². The number of hydrogen-bond acceptors (Lipinski definition) is 5. The monoisotopic (exact) mass is 357 g/mol. The molecule has 0 aliphatic rings. The standard InChI is InChI=1S/C20H19N7/c1-14-5-7-15(8-6-14)17-19(26-27(25-17)12-4-2-3-10-21)18-16-9-11-22-20(16)24-13-23-18/h5-9,11,13H,2-4,12H2,1H3,(H,22,23,24). The first kappa shape index (κ1) is 16.9. The summed E-state index contributed by atoms with van der Waals surface area (Å²) in [7, 11) is 0. The summed E-state index contributed by atoms with van der Waals surface area (Å²) in [5, 5.41) is 19.1. The van der Waals surface area contributed by atoms with E-state index in [1.54, 1.807) is 11.1 Å². The molecule has 0 fully saturated rings. The molecule has 0 saturated heterocycles. The number of nitrogens with one attached hydrogen (secondary N) is 1. The second kappa shape index (κ2) is 7.38. The van der Waals surface area contributed by atoms with E-state index in [1.807, 2.05) is 12.3 Å². The predicted molar refractivity (Wildman–Crippen MR) is 103 cm³/mol. The number of unbranched alkanes of at least 4 members (excludes halogenated alkanes) is 2. The van der Waals surface area contributed by atoms with E-state index < -0.39 is 0 Å². The van der Waals surface area contributed by atoms with Crippen molar-refractivity contribution in [2.75, 3.05) is 0 Å². The number of nitriles is 1. The van der Waals surface area contributed by atoms with Crippen LogP contribution < -0.4 is 0 Å². The smallest absolute Gasteiger partial charge is 0.141 e. The number of aromatic amines is 1. The summed E-state index contributed by atoms with van der Waals surface area (Å²) in [6, 6.07) is 12.4. The van der Waals surface area contributed by atoms with Crippen LogP contribution in [-0.2, 0) is 6.54 Å². The molecule has 1 N–H and O–H groups in total. The third kappa shape index (κ3) is 3.42. The lowest BCUT2D eigenvalue weighted by atomic mass is 10.1. The van der Waals surface area contributed by atoms with Gasteiger partial charge in [-0.2, -0.15) is 20.3 Å². The SMILES string of the molecule is Cc1ccc(-c2nn(CCCCC#N)nc2-c2ncnc3[nH]ccc23)cc1. The number of aromatic nitrogens is 6. The van der Waals surface area contributed by atoms with Gasteiger partial charge in [0.25, 0.3) is 0 Å². The van der Waals surface area contributed by atoms with Crippen molar-refractivity contribution in [3.05, 3.63) is 48.4 Å². The maximum absolute atomic E-state index is 8.71. The molecule has 4 rings (SSSR count). The molecular formula is C20H19N7. The number of benzene rings is 1. The van der Waals surface area contributed by atoms with Crippen molar-refractivity contribution in [2.24, 2.45) is 0 Å². The highest BCUT2D eigenvalue weighted by atomic mass is 15.5. The summed E-state index contributed by atoms with van der Waals surface area (Å²) in [5.74, 6) is 0. The van der Waals surface area contributed by atoms with Gasteiger partial charge in [-0.15, -0.1) is 0 Å². The van der Waals surface area contributed by atoms with Crippen molar-refractivity contribution in [2.45, 2.75) is 32.7 Å². The van der Waals surface area contributed by atoms with Crippen molar-refractivity contribution < 1.29 is 0 Å². The van der Waals surface area contributed by atoms with Crippen LogP contribution in [0.5, 0.6) is 0 Å². The molecular weight excluding hydrogens is 338 g/mol. The van der Waals surface area contributed by atoms with Gasteiger partial charge >= 0.3 is 0 Å². The Kier molecular flexibility index (Phi) is 4.62. The molecule has 134 valence electrons. The van der Waals surface area contributed by atoms with E-state index in [1.165, 1.54) is 5.56 Å². The molecule has 0 saturated carbocycles. The van der Waals surface area contributed by atoms with Crippen LogP contribution in [-0.4, -0.2) is 29.9 Å². The fourth-order valence-corrected chi connectivity index (χ4v) is 3.03. The molecule has 0 aliphatic heterocycles. The van der Waals surface area contributed by atoms with E-state index >= 15 is 0 Å². The maximum atomic E-state index is 8.71. The zero-order valence-electron chi connectivity index (χ0n) is 15.1. The zero-order chi connectivity index (χ0) is 18.6. The van der Waals surface area contributed by atoms with Crippen LogP contribution in [0.2, 0.25) is 0 Å². The molecule has 27 heavy (non-hydrogen) atoms. The average Bonchev–Trinajstić information content (AvgIpc) is 3.33. The van der Waals surface area contributed by atoms with Crippen molar-refractivity contribution in [3.8, 4) is 28.7 Å². The number of nitrogens with zero attached hydrogens (tertiary/aromatic N) is 6. The topological polar surface area (TPSA) is 96.1 Å². The molecule has 7 heteroatoms. The lowest BCUT2D eigenvalue weighted by Crippen LogP contribution is -2.02.